The number of amides is 1. The summed E-state index contributed by atoms with van der Waals surface area (Å²) in [4.78, 5) is 30.0. The van der Waals surface area contributed by atoms with E-state index in [1.54, 1.807) is 31.3 Å². The summed E-state index contributed by atoms with van der Waals surface area (Å²) >= 11 is 5.87. The zero-order valence-electron chi connectivity index (χ0n) is 17.5. The van der Waals surface area contributed by atoms with Crippen LogP contribution in [-0.4, -0.2) is 40.6 Å². The Hall–Kier alpha value is -3.19. The van der Waals surface area contributed by atoms with Gasteiger partial charge in [0.25, 0.3) is 5.91 Å². The highest BCUT2D eigenvalue weighted by Gasteiger charge is 2.15. The van der Waals surface area contributed by atoms with Gasteiger partial charge in [-0.25, -0.2) is 0 Å². The molecule has 1 aromatic heterocycles. The van der Waals surface area contributed by atoms with E-state index in [2.05, 4.69) is 17.1 Å². The van der Waals surface area contributed by atoms with E-state index in [-0.39, 0.29) is 25.4 Å². The van der Waals surface area contributed by atoms with Crippen molar-refractivity contribution in [1.82, 2.24) is 15.0 Å². The van der Waals surface area contributed by atoms with Gasteiger partial charge in [0.2, 0.25) is 11.7 Å². The molecule has 0 fully saturated rings. The summed E-state index contributed by atoms with van der Waals surface area (Å²) in [6.45, 7) is 2.24. The topological polar surface area (TPSA) is 85.5 Å². The number of rotatable bonds is 9. The Morgan fingerprint density at radius 2 is 1.74 bits per heavy atom. The number of ether oxygens (including phenoxy) is 1. The second-order valence-electron chi connectivity index (χ2n) is 7.10. The molecule has 0 aliphatic heterocycles. The number of benzene rings is 2. The molecule has 7 nitrogen and oxygen atoms in total. The molecule has 1 amide bonds. The molecule has 0 spiro atoms. The summed E-state index contributed by atoms with van der Waals surface area (Å²) in [5.74, 6) is -0.0271. The van der Waals surface area contributed by atoms with Crippen LogP contribution in [0.25, 0.3) is 11.4 Å². The number of aryl methyl sites for hydroxylation is 2. The molecule has 0 aliphatic carbocycles. The van der Waals surface area contributed by atoms with Crippen LogP contribution in [0.4, 0.5) is 0 Å². The molecule has 3 aromatic rings. The highest BCUT2D eigenvalue weighted by Crippen LogP contribution is 2.19. The zero-order chi connectivity index (χ0) is 22.2. The van der Waals surface area contributed by atoms with Crippen molar-refractivity contribution in [2.45, 2.75) is 32.7 Å². The quantitative estimate of drug-likeness (QED) is 0.465. The summed E-state index contributed by atoms with van der Waals surface area (Å²) in [7, 11) is 1.68. The summed E-state index contributed by atoms with van der Waals surface area (Å²) in [6, 6.07) is 15.1. The molecule has 0 unspecified atom stereocenters. The monoisotopic (exact) mass is 441 g/mol. The van der Waals surface area contributed by atoms with Gasteiger partial charge < -0.3 is 14.2 Å². The van der Waals surface area contributed by atoms with Crippen molar-refractivity contribution < 1.29 is 18.8 Å². The number of esters is 1. The van der Waals surface area contributed by atoms with Crippen molar-refractivity contribution in [3.63, 3.8) is 0 Å². The Bertz CT molecular complexity index is 1020. The van der Waals surface area contributed by atoms with Crippen LogP contribution < -0.4 is 0 Å². The van der Waals surface area contributed by atoms with Gasteiger partial charge in [-0.2, -0.15) is 4.98 Å². The third kappa shape index (κ3) is 6.65. The number of hydrogen-bond donors (Lipinski definition) is 0. The van der Waals surface area contributed by atoms with Gasteiger partial charge in [-0.3, -0.25) is 9.59 Å². The number of likely N-dealkylation sites (N-methyl/N-ethyl adjacent to an activating group) is 1. The number of hydrogen-bond acceptors (Lipinski definition) is 6. The van der Waals surface area contributed by atoms with Crippen LogP contribution >= 0.6 is 11.6 Å². The summed E-state index contributed by atoms with van der Waals surface area (Å²) < 4.78 is 10.3. The van der Waals surface area contributed by atoms with Gasteiger partial charge in [0.1, 0.15) is 0 Å². The van der Waals surface area contributed by atoms with Gasteiger partial charge in [0.15, 0.2) is 6.61 Å². The van der Waals surface area contributed by atoms with Crippen molar-refractivity contribution >= 4 is 23.5 Å². The van der Waals surface area contributed by atoms with Gasteiger partial charge >= 0.3 is 5.97 Å². The first kappa shape index (κ1) is 22.5. The molecule has 0 bridgehead atoms. The van der Waals surface area contributed by atoms with E-state index < -0.39 is 5.97 Å². The molecule has 0 saturated heterocycles. The minimum atomic E-state index is -0.500. The molecule has 0 aliphatic rings. The zero-order valence-corrected chi connectivity index (χ0v) is 18.3. The molecule has 2 aromatic carbocycles. The van der Waals surface area contributed by atoms with Crippen molar-refractivity contribution in [3.8, 4) is 11.4 Å². The van der Waals surface area contributed by atoms with Crippen molar-refractivity contribution in [2.24, 2.45) is 0 Å². The fraction of sp³-hybridized carbons (Fsp3) is 0.304. The van der Waals surface area contributed by atoms with E-state index in [0.29, 0.717) is 23.3 Å². The van der Waals surface area contributed by atoms with Gasteiger partial charge in [0, 0.05) is 30.6 Å². The molecule has 0 radical (unpaired) electrons. The Balaban J connectivity index is 1.41. The molecule has 0 saturated carbocycles. The fourth-order valence-electron chi connectivity index (χ4n) is 2.85. The predicted molar refractivity (Wildman–Crippen MR) is 116 cm³/mol. The lowest BCUT2D eigenvalue weighted by atomic mass is 10.1. The number of halogens is 1. The lowest BCUT2D eigenvalue weighted by molar-refractivity contribution is -0.151. The molecule has 0 atom stereocenters. The molecule has 1 heterocycles. The van der Waals surface area contributed by atoms with E-state index in [0.717, 1.165) is 17.5 Å². The molecular weight excluding hydrogens is 418 g/mol. The number of nitrogens with zero attached hydrogens (tertiary/aromatic N) is 3. The summed E-state index contributed by atoms with van der Waals surface area (Å²) in [6.07, 6.45) is 1.24. The van der Waals surface area contributed by atoms with E-state index in [1.165, 1.54) is 10.5 Å². The number of carbonyl (C=O) groups excluding carboxylic acids is 2. The van der Waals surface area contributed by atoms with Gasteiger partial charge in [-0.1, -0.05) is 47.9 Å². The maximum atomic E-state index is 12.2. The van der Waals surface area contributed by atoms with Gasteiger partial charge in [-0.15, -0.1) is 0 Å². The maximum absolute atomic E-state index is 12.2. The Morgan fingerprint density at radius 3 is 2.42 bits per heavy atom. The van der Waals surface area contributed by atoms with Crippen LogP contribution in [0.15, 0.2) is 53.1 Å². The molecule has 3 rings (SSSR count). The van der Waals surface area contributed by atoms with E-state index in [1.807, 2.05) is 24.3 Å². The van der Waals surface area contributed by atoms with Crippen LogP contribution in [0.5, 0.6) is 0 Å². The largest absolute Gasteiger partial charge is 0.456 e. The standard InChI is InChI=1S/C23H24ClN3O4/c1-3-16-4-6-17(7-5-16)14-27(2)21(28)15-30-22(29)13-12-20-25-23(26-31-20)18-8-10-19(24)11-9-18/h4-11H,3,12-15H2,1-2H3. The average Bonchev–Trinajstić information content (AvgIpc) is 3.26. The lowest BCUT2D eigenvalue weighted by Gasteiger charge is -2.17. The minimum absolute atomic E-state index is 0.0394. The molecular formula is C23H24ClN3O4. The lowest BCUT2D eigenvalue weighted by Crippen LogP contribution is -2.30. The highest BCUT2D eigenvalue weighted by atomic mass is 35.5. The summed E-state index contributed by atoms with van der Waals surface area (Å²) in [5.41, 5.74) is 3.03. The molecule has 31 heavy (non-hydrogen) atoms. The minimum Gasteiger partial charge on any atom is -0.456 e. The normalized spacial score (nSPS) is 10.7. The second kappa shape index (κ2) is 10.7. The second-order valence-corrected chi connectivity index (χ2v) is 7.54. The molecule has 8 heteroatoms. The van der Waals surface area contributed by atoms with Crippen LogP contribution in [0, 0.1) is 0 Å². The van der Waals surface area contributed by atoms with Gasteiger partial charge in [-0.05, 0) is 41.8 Å². The van der Waals surface area contributed by atoms with Crippen molar-refractivity contribution in [1.29, 1.82) is 0 Å². The first-order valence-corrected chi connectivity index (χ1v) is 10.4. The molecule has 162 valence electrons. The Labute approximate surface area is 186 Å². The number of carbonyl (C=O) groups is 2. The van der Waals surface area contributed by atoms with Crippen LogP contribution in [0.3, 0.4) is 0 Å². The average molecular weight is 442 g/mol. The first-order chi connectivity index (χ1) is 14.9. The van der Waals surface area contributed by atoms with Gasteiger partial charge in [0.05, 0.1) is 6.42 Å². The van der Waals surface area contributed by atoms with Crippen LogP contribution in [-0.2, 0) is 33.7 Å². The van der Waals surface area contributed by atoms with Crippen molar-refractivity contribution in [2.75, 3.05) is 13.7 Å². The first-order valence-electron chi connectivity index (χ1n) is 10.0. The predicted octanol–water partition coefficient (Wildman–Crippen LogP) is 4.09. The van der Waals surface area contributed by atoms with E-state index >= 15 is 0 Å². The summed E-state index contributed by atoms with van der Waals surface area (Å²) in [5, 5.41) is 4.52. The fourth-order valence-corrected chi connectivity index (χ4v) is 2.97. The third-order valence-corrected chi connectivity index (χ3v) is 5.00. The SMILES string of the molecule is CCc1ccc(CN(C)C(=O)COC(=O)CCc2nc(-c3ccc(Cl)cc3)no2)cc1. The number of aromatic nitrogens is 2. The molecule has 0 N–H and O–H groups in total. The van der Waals surface area contributed by atoms with Crippen LogP contribution in [0.1, 0.15) is 30.4 Å². The Kier molecular flexibility index (Phi) is 7.78. The maximum Gasteiger partial charge on any atom is 0.306 e. The third-order valence-electron chi connectivity index (χ3n) is 4.75. The Morgan fingerprint density at radius 1 is 1.06 bits per heavy atom. The smallest absolute Gasteiger partial charge is 0.306 e. The van der Waals surface area contributed by atoms with Crippen LogP contribution in [0.2, 0.25) is 5.02 Å². The van der Waals surface area contributed by atoms with E-state index in [4.69, 9.17) is 20.9 Å². The van der Waals surface area contributed by atoms with Crippen molar-refractivity contribution in [3.05, 3.63) is 70.6 Å². The van der Waals surface area contributed by atoms with E-state index in [9.17, 15) is 9.59 Å². The highest BCUT2D eigenvalue weighted by molar-refractivity contribution is 6.30.